The molecule has 1 N–H and O–H groups in total. The molecule has 0 spiro atoms. The molecule has 0 fully saturated rings. The van der Waals surface area contributed by atoms with Crippen molar-refractivity contribution in [1.82, 2.24) is 4.90 Å². The fourth-order valence-corrected chi connectivity index (χ4v) is 4.63. The molecule has 0 saturated carbocycles. The summed E-state index contributed by atoms with van der Waals surface area (Å²) in [4.78, 5) is 27.3. The molecule has 4 rings (SSSR count). The average Bonchev–Trinajstić information content (AvgIpc) is 2.82. The summed E-state index contributed by atoms with van der Waals surface area (Å²) in [6.45, 7) is 3.89. The molecule has 3 aromatic rings. The van der Waals surface area contributed by atoms with Crippen molar-refractivity contribution in [3.8, 4) is 0 Å². The maximum atomic E-state index is 14.4. The molecule has 3 aromatic carbocycles. The Balaban J connectivity index is 1.52. The van der Waals surface area contributed by atoms with Gasteiger partial charge in [0.05, 0.1) is 22.6 Å². The molecule has 0 aromatic heterocycles. The van der Waals surface area contributed by atoms with Crippen LogP contribution >= 0.6 is 11.6 Å². The van der Waals surface area contributed by atoms with Crippen molar-refractivity contribution >= 4 is 29.1 Å². The van der Waals surface area contributed by atoms with Crippen LogP contribution in [0, 0.1) is 25.5 Å². The van der Waals surface area contributed by atoms with Crippen LogP contribution in [0.5, 0.6) is 0 Å². The Morgan fingerprint density at radius 1 is 1.00 bits per heavy atom. The topological polar surface area (TPSA) is 49.4 Å². The number of alkyl halides is 3. The maximum Gasteiger partial charge on any atom is 0.419 e. The lowest BCUT2D eigenvalue weighted by Gasteiger charge is -2.31. The summed E-state index contributed by atoms with van der Waals surface area (Å²) in [7, 11) is 0. The number of rotatable bonds is 4. The van der Waals surface area contributed by atoms with Gasteiger partial charge in [-0.1, -0.05) is 35.9 Å². The minimum Gasteiger partial charge on any atom is -0.334 e. The van der Waals surface area contributed by atoms with E-state index in [9.17, 15) is 31.5 Å². The Hall–Kier alpha value is -3.46. The summed E-state index contributed by atoms with van der Waals surface area (Å²) < 4.78 is 66.7. The zero-order valence-electron chi connectivity index (χ0n) is 19.9. The number of hydrogen-bond donors (Lipinski definition) is 1. The Morgan fingerprint density at radius 3 is 2.38 bits per heavy atom. The molecule has 0 bridgehead atoms. The van der Waals surface area contributed by atoms with Crippen LogP contribution in [0.3, 0.4) is 0 Å². The number of carbonyl (C=O) groups excluding carboxylic acids is 2. The lowest BCUT2D eigenvalue weighted by atomic mass is 9.94. The Labute approximate surface area is 215 Å². The number of nitrogens with zero attached hydrogens (tertiary/aromatic N) is 1. The monoisotopic (exact) mass is 536 g/mol. The first-order chi connectivity index (χ1) is 17.4. The van der Waals surface area contributed by atoms with Gasteiger partial charge in [-0.2, -0.15) is 13.2 Å². The summed E-state index contributed by atoms with van der Waals surface area (Å²) in [6.07, 6.45) is -4.77. The van der Waals surface area contributed by atoms with Gasteiger partial charge < -0.3 is 10.2 Å². The molecule has 0 aliphatic carbocycles. The first-order valence-electron chi connectivity index (χ1n) is 11.4. The molecule has 1 heterocycles. The fraction of sp³-hybridized carbons (Fsp3) is 0.259. The van der Waals surface area contributed by atoms with Gasteiger partial charge in [0.2, 0.25) is 5.91 Å². The lowest BCUT2D eigenvalue weighted by molar-refractivity contribution is -0.140. The van der Waals surface area contributed by atoms with Crippen LogP contribution in [-0.2, 0) is 30.4 Å². The Kier molecular flexibility index (Phi) is 7.28. The third-order valence-corrected chi connectivity index (χ3v) is 6.85. The molecule has 0 radical (unpaired) electrons. The molecular formula is C27H22ClF5N2O2. The molecular weight excluding hydrogens is 515 g/mol. The highest BCUT2D eigenvalue weighted by atomic mass is 35.5. The van der Waals surface area contributed by atoms with E-state index in [1.165, 1.54) is 17.0 Å². The van der Waals surface area contributed by atoms with Gasteiger partial charge >= 0.3 is 6.18 Å². The largest absolute Gasteiger partial charge is 0.419 e. The molecule has 0 saturated heterocycles. The van der Waals surface area contributed by atoms with Crippen molar-refractivity contribution in [2.75, 3.05) is 11.9 Å². The highest BCUT2D eigenvalue weighted by Gasteiger charge is 2.34. The number of hydrogen-bond acceptors (Lipinski definition) is 2. The number of fused-ring (bicyclic) bond motifs is 1. The van der Waals surface area contributed by atoms with E-state index < -0.39 is 35.2 Å². The lowest BCUT2D eigenvalue weighted by Crippen LogP contribution is -2.37. The van der Waals surface area contributed by atoms with E-state index in [4.69, 9.17) is 11.6 Å². The van der Waals surface area contributed by atoms with Crippen LogP contribution in [0.1, 0.15) is 43.7 Å². The van der Waals surface area contributed by atoms with Crippen LogP contribution in [-0.4, -0.2) is 23.3 Å². The van der Waals surface area contributed by atoms with E-state index in [2.05, 4.69) is 5.32 Å². The Morgan fingerprint density at radius 2 is 1.70 bits per heavy atom. The highest BCUT2D eigenvalue weighted by molar-refractivity contribution is 6.34. The smallest absolute Gasteiger partial charge is 0.334 e. The predicted octanol–water partition coefficient (Wildman–Crippen LogP) is 6.63. The van der Waals surface area contributed by atoms with Crippen molar-refractivity contribution in [3.05, 3.63) is 98.1 Å². The van der Waals surface area contributed by atoms with Crippen molar-refractivity contribution in [2.45, 2.75) is 39.4 Å². The number of halogens is 6. The van der Waals surface area contributed by atoms with Gasteiger partial charge in [-0.05, 0) is 66.3 Å². The van der Waals surface area contributed by atoms with E-state index >= 15 is 0 Å². The summed E-state index contributed by atoms with van der Waals surface area (Å²) in [5.41, 5.74) is 1.93. The third kappa shape index (κ3) is 5.46. The van der Waals surface area contributed by atoms with E-state index in [1.807, 2.05) is 6.07 Å². The standard InChI is InChI=1S/C27H22ClF5N2O2/c1-14-4-8-20(29)23(24(14)28)26(37)35-10-9-18-17(13-35)6-3-15(2)25(18)34-22(36)12-16-5-7-19(21(30)11-16)27(31,32)33/h3-8,11H,9-10,12-13H2,1-2H3,(H,34,36). The average molecular weight is 537 g/mol. The molecule has 2 amide bonds. The van der Waals surface area contributed by atoms with Crippen molar-refractivity contribution in [1.29, 1.82) is 0 Å². The fourth-order valence-electron chi connectivity index (χ4n) is 4.40. The summed E-state index contributed by atoms with van der Waals surface area (Å²) in [5.74, 6) is -3.21. The zero-order valence-corrected chi connectivity index (χ0v) is 20.7. The molecule has 10 heteroatoms. The maximum absolute atomic E-state index is 14.4. The molecule has 194 valence electrons. The van der Waals surface area contributed by atoms with Crippen LogP contribution in [0.2, 0.25) is 5.02 Å². The van der Waals surface area contributed by atoms with Gasteiger partial charge in [-0.25, -0.2) is 8.78 Å². The van der Waals surface area contributed by atoms with Crippen LogP contribution in [0.4, 0.5) is 27.6 Å². The molecule has 4 nitrogen and oxygen atoms in total. The number of aryl methyl sites for hydroxylation is 2. The molecule has 0 unspecified atom stereocenters. The number of anilines is 1. The van der Waals surface area contributed by atoms with Gasteiger partial charge in [0, 0.05) is 18.8 Å². The Bertz CT molecular complexity index is 1400. The van der Waals surface area contributed by atoms with E-state index in [0.717, 1.165) is 22.8 Å². The van der Waals surface area contributed by atoms with E-state index in [-0.39, 0.29) is 35.7 Å². The molecule has 0 atom stereocenters. The van der Waals surface area contributed by atoms with Gasteiger partial charge in [0.1, 0.15) is 11.6 Å². The highest BCUT2D eigenvalue weighted by Crippen LogP contribution is 2.33. The second-order valence-electron chi connectivity index (χ2n) is 8.96. The molecule has 1 aliphatic heterocycles. The van der Waals surface area contributed by atoms with Gasteiger partial charge in [-0.3, -0.25) is 9.59 Å². The SMILES string of the molecule is Cc1ccc(F)c(C(=O)N2CCc3c(ccc(C)c3NC(=O)Cc3ccc(C(F)(F)F)c(F)c3)C2)c1Cl. The minimum atomic E-state index is -4.82. The van der Waals surface area contributed by atoms with Crippen molar-refractivity contribution in [3.63, 3.8) is 0 Å². The van der Waals surface area contributed by atoms with Crippen molar-refractivity contribution < 1.29 is 31.5 Å². The second kappa shape index (κ2) is 10.1. The predicted molar refractivity (Wildman–Crippen MR) is 130 cm³/mol. The summed E-state index contributed by atoms with van der Waals surface area (Å²) >= 11 is 6.21. The molecule has 1 aliphatic rings. The van der Waals surface area contributed by atoms with E-state index in [1.54, 1.807) is 19.9 Å². The van der Waals surface area contributed by atoms with Crippen LogP contribution < -0.4 is 5.32 Å². The summed E-state index contributed by atoms with van der Waals surface area (Å²) in [5, 5.41) is 2.85. The van der Waals surface area contributed by atoms with Gasteiger partial charge in [0.15, 0.2) is 0 Å². The van der Waals surface area contributed by atoms with Gasteiger partial charge in [-0.15, -0.1) is 0 Å². The van der Waals surface area contributed by atoms with Crippen LogP contribution in [0.25, 0.3) is 0 Å². The quantitative estimate of drug-likeness (QED) is 0.380. The van der Waals surface area contributed by atoms with Crippen LogP contribution in [0.15, 0.2) is 42.5 Å². The van der Waals surface area contributed by atoms with Crippen molar-refractivity contribution in [2.24, 2.45) is 0 Å². The third-order valence-electron chi connectivity index (χ3n) is 6.36. The first kappa shape index (κ1) is 26.6. The number of amides is 2. The second-order valence-corrected chi connectivity index (χ2v) is 9.34. The molecule has 37 heavy (non-hydrogen) atoms. The van der Waals surface area contributed by atoms with E-state index in [0.29, 0.717) is 29.8 Å². The zero-order chi connectivity index (χ0) is 27.1. The van der Waals surface area contributed by atoms with Gasteiger partial charge in [0.25, 0.3) is 5.91 Å². The first-order valence-corrected chi connectivity index (χ1v) is 11.7. The number of benzene rings is 3. The number of nitrogens with one attached hydrogen (secondary N) is 1. The summed E-state index contributed by atoms with van der Waals surface area (Å²) in [6, 6.07) is 8.66. The number of carbonyl (C=O) groups is 2. The normalized spacial score (nSPS) is 13.4. The minimum absolute atomic E-state index is 0.0624.